The standard InChI is InChI=1S/C15H13F3N2O4/c16-15(17,18)12-8-11(13(21)22)20(19-12)10-4-1-3-9(7-10)14-23-5-2-6-24-14/h1,3-4,7-8,14H,2,5-6H2,(H,21,22). The molecule has 9 heteroatoms. The number of hydrogen-bond acceptors (Lipinski definition) is 4. The molecule has 2 aromatic rings. The van der Waals surface area contributed by atoms with Crippen molar-refractivity contribution >= 4 is 5.97 Å². The quantitative estimate of drug-likeness (QED) is 0.928. The Kier molecular flexibility index (Phi) is 4.29. The van der Waals surface area contributed by atoms with Crippen molar-refractivity contribution in [3.05, 3.63) is 47.3 Å². The molecule has 0 radical (unpaired) electrons. The summed E-state index contributed by atoms with van der Waals surface area (Å²) in [6, 6.07) is 6.73. The largest absolute Gasteiger partial charge is 0.477 e. The van der Waals surface area contributed by atoms with Gasteiger partial charge in [0.2, 0.25) is 0 Å². The number of aromatic carboxylic acids is 1. The van der Waals surface area contributed by atoms with Gasteiger partial charge in [-0.25, -0.2) is 9.48 Å². The minimum atomic E-state index is -4.73. The van der Waals surface area contributed by atoms with E-state index >= 15 is 0 Å². The molecule has 6 nitrogen and oxygen atoms in total. The first-order chi connectivity index (χ1) is 11.4. The number of benzene rings is 1. The van der Waals surface area contributed by atoms with Gasteiger partial charge < -0.3 is 14.6 Å². The smallest absolute Gasteiger partial charge is 0.435 e. The molecule has 0 unspecified atom stereocenters. The number of rotatable bonds is 3. The highest BCUT2D eigenvalue weighted by molar-refractivity contribution is 5.86. The van der Waals surface area contributed by atoms with Gasteiger partial charge in [0.15, 0.2) is 17.7 Å². The van der Waals surface area contributed by atoms with Crippen molar-refractivity contribution in [2.45, 2.75) is 18.9 Å². The summed E-state index contributed by atoms with van der Waals surface area (Å²) in [6.07, 6.45) is -4.61. The van der Waals surface area contributed by atoms with Crippen molar-refractivity contribution in [3.8, 4) is 5.69 Å². The molecule has 0 saturated carbocycles. The summed E-state index contributed by atoms with van der Waals surface area (Å²) in [5.41, 5.74) is -1.09. The van der Waals surface area contributed by atoms with E-state index in [2.05, 4.69) is 5.10 Å². The predicted octanol–water partition coefficient (Wildman–Crippen LogP) is 3.02. The second-order valence-corrected chi connectivity index (χ2v) is 5.15. The van der Waals surface area contributed by atoms with Crippen molar-refractivity contribution < 1.29 is 32.5 Å². The first-order valence-electron chi connectivity index (χ1n) is 7.10. The van der Waals surface area contributed by atoms with Crippen LogP contribution in [0.15, 0.2) is 30.3 Å². The fourth-order valence-electron chi connectivity index (χ4n) is 2.35. The molecular weight excluding hydrogens is 329 g/mol. The zero-order chi connectivity index (χ0) is 17.3. The predicted molar refractivity (Wildman–Crippen MR) is 74.8 cm³/mol. The van der Waals surface area contributed by atoms with Crippen LogP contribution in [0.3, 0.4) is 0 Å². The molecular formula is C15H13F3N2O4. The number of aromatic nitrogens is 2. The van der Waals surface area contributed by atoms with Crippen LogP contribution in [0.5, 0.6) is 0 Å². The number of ether oxygens (including phenoxy) is 2. The van der Waals surface area contributed by atoms with Gasteiger partial charge in [-0.1, -0.05) is 12.1 Å². The molecule has 1 aliphatic heterocycles. The third-order valence-electron chi connectivity index (χ3n) is 3.43. The lowest BCUT2D eigenvalue weighted by Crippen LogP contribution is -2.18. The van der Waals surface area contributed by atoms with Gasteiger partial charge in [0.25, 0.3) is 0 Å². The maximum absolute atomic E-state index is 12.8. The fourth-order valence-corrected chi connectivity index (χ4v) is 2.35. The molecule has 0 spiro atoms. The monoisotopic (exact) mass is 342 g/mol. The number of halogens is 3. The lowest BCUT2D eigenvalue weighted by molar-refractivity contribution is -0.183. The molecule has 0 atom stereocenters. The Bertz CT molecular complexity index is 751. The normalized spacial score (nSPS) is 16.3. The number of alkyl halides is 3. The van der Waals surface area contributed by atoms with E-state index in [9.17, 15) is 18.0 Å². The molecule has 128 valence electrons. The van der Waals surface area contributed by atoms with Gasteiger partial charge in [0.1, 0.15) is 0 Å². The van der Waals surface area contributed by atoms with Gasteiger partial charge >= 0.3 is 12.1 Å². The number of nitrogens with zero attached hydrogens (tertiary/aromatic N) is 2. The Morgan fingerprint density at radius 2 is 1.96 bits per heavy atom. The van der Waals surface area contributed by atoms with E-state index in [4.69, 9.17) is 14.6 Å². The molecule has 1 saturated heterocycles. The highest BCUT2D eigenvalue weighted by atomic mass is 19.4. The van der Waals surface area contributed by atoms with E-state index in [0.29, 0.717) is 24.8 Å². The van der Waals surface area contributed by atoms with Crippen LogP contribution in [0.1, 0.15) is 34.5 Å². The van der Waals surface area contributed by atoms with E-state index < -0.39 is 29.8 Å². The van der Waals surface area contributed by atoms with Crippen LogP contribution >= 0.6 is 0 Å². The van der Waals surface area contributed by atoms with Gasteiger partial charge in [0, 0.05) is 11.6 Å². The molecule has 1 aliphatic rings. The van der Waals surface area contributed by atoms with Crippen molar-refractivity contribution in [1.29, 1.82) is 0 Å². The lowest BCUT2D eigenvalue weighted by Gasteiger charge is -2.23. The molecule has 3 rings (SSSR count). The van der Waals surface area contributed by atoms with Gasteiger partial charge in [-0.15, -0.1) is 0 Å². The molecule has 0 aliphatic carbocycles. The Morgan fingerprint density at radius 1 is 1.25 bits per heavy atom. The van der Waals surface area contributed by atoms with Gasteiger partial charge in [-0.2, -0.15) is 18.3 Å². The zero-order valence-electron chi connectivity index (χ0n) is 12.3. The van der Waals surface area contributed by atoms with Crippen LogP contribution in [0.25, 0.3) is 5.69 Å². The Labute approximate surface area is 134 Å². The molecule has 1 aromatic heterocycles. The SMILES string of the molecule is O=C(O)c1cc(C(F)(F)F)nn1-c1cccc(C2OCCCO2)c1. The van der Waals surface area contributed by atoms with Crippen LogP contribution < -0.4 is 0 Å². The molecule has 2 heterocycles. The van der Waals surface area contributed by atoms with Crippen LogP contribution in [0.4, 0.5) is 13.2 Å². The Balaban J connectivity index is 2.02. The molecule has 0 amide bonds. The number of carboxylic acids is 1. The van der Waals surface area contributed by atoms with Crippen molar-refractivity contribution in [2.24, 2.45) is 0 Å². The Morgan fingerprint density at radius 3 is 2.58 bits per heavy atom. The summed E-state index contributed by atoms with van der Waals surface area (Å²) in [6.45, 7) is 1.02. The second kappa shape index (κ2) is 6.25. The van der Waals surface area contributed by atoms with E-state index in [1.54, 1.807) is 12.1 Å². The van der Waals surface area contributed by atoms with Crippen LogP contribution in [0, 0.1) is 0 Å². The number of hydrogen-bond donors (Lipinski definition) is 1. The van der Waals surface area contributed by atoms with E-state index in [-0.39, 0.29) is 5.69 Å². The third-order valence-corrected chi connectivity index (χ3v) is 3.43. The third kappa shape index (κ3) is 3.26. The van der Waals surface area contributed by atoms with Gasteiger partial charge in [0.05, 0.1) is 18.9 Å². The number of carbonyl (C=O) groups is 1. The summed E-state index contributed by atoms with van der Waals surface area (Å²) in [5.74, 6) is -1.51. The topological polar surface area (TPSA) is 73.6 Å². The molecule has 24 heavy (non-hydrogen) atoms. The Hall–Kier alpha value is -2.39. The first kappa shape index (κ1) is 16.5. The summed E-state index contributed by atoms with van der Waals surface area (Å²) < 4.78 is 50.1. The van der Waals surface area contributed by atoms with Gasteiger partial charge in [-0.3, -0.25) is 0 Å². The lowest BCUT2D eigenvalue weighted by atomic mass is 10.2. The van der Waals surface area contributed by atoms with E-state index in [1.165, 1.54) is 12.1 Å². The van der Waals surface area contributed by atoms with E-state index in [1.807, 2.05) is 0 Å². The van der Waals surface area contributed by atoms with Crippen LogP contribution in [0.2, 0.25) is 0 Å². The fraction of sp³-hybridized carbons (Fsp3) is 0.333. The van der Waals surface area contributed by atoms with Crippen molar-refractivity contribution in [2.75, 3.05) is 13.2 Å². The highest BCUT2D eigenvalue weighted by Gasteiger charge is 2.36. The summed E-state index contributed by atoms with van der Waals surface area (Å²) in [5, 5.41) is 12.5. The number of carboxylic acid groups (broad SMARTS) is 1. The summed E-state index contributed by atoms with van der Waals surface area (Å²) in [4.78, 5) is 11.2. The molecule has 1 aromatic carbocycles. The molecule has 1 N–H and O–H groups in total. The molecule has 1 fully saturated rings. The minimum absolute atomic E-state index is 0.179. The highest BCUT2D eigenvalue weighted by Crippen LogP contribution is 2.30. The maximum Gasteiger partial charge on any atom is 0.435 e. The van der Waals surface area contributed by atoms with Crippen LogP contribution in [-0.2, 0) is 15.7 Å². The average Bonchev–Trinajstić information content (AvgIpc) is 3.02. The van der Waals surface area contributed by atoms with Gasteiger partial charge in [-0.05, 0) is 18.6 Å². The summed E-state index contributed by atoms with van der Waals surface area (Å²) in [7, 11) is 0. The minimum Gasteiger partial charge on any atom is -0.477 e. The van der Waals surface area contributed by atoms with Crippen molar-refractivity contribution in [1.82, 2.24) is 9.78 Å². The van der Waals surface area contributed by atoms with Crippen molar-refractivity contribution in [3.63, 3.8) is 0 Å². The first-order valence-corrected chi connectivity index (χ1v) is 7.10. The van der Waals surface area contributed by atoms with E-state index in [0.717, 1.165) is 11.1 Å². The maximum atomic E-state index is 12.8. The second-order valence-electron chi connectivity index (χ2n) is 5.15. The van der Waals surface area contributed by atoms with Crippen LogP contribution in [-0.4, -0.2) is 34.1 Å². The molecule has 0 bridgehead atoms. The average molecular weight is 342 g/mol. The summed E-state index contributed by atoms with van der Waals surface area (Å²) >= 11 is 0. The zero-order valence-corrected chi connectivity index (χ0v) is 12.3.